The van der Waals surface area contributed by atoms with E-state index < -0.39 is 0 Å². The number of aliphatic hydroxyl groups is 1. The number of likely N-dealkylation sites (tertiary alicyclic amines) is 1. The third kappa shape index (κ3) is 2.70. The first kappa shape index (κ1) is 13.0. The molecule has 1 aromatic carbocycles. The van der Waals surface area contributed by atoms with E-state index in [2.05, 4.69) is 0 Å². The van der Waals surface area contributed by atoms with Crippen LogP contribution in [0.2, 0.25) is 0 Å². The highest BCUT2D eigenvalue weighted by atomic mass is 19.1. The van der Waals surface area contributed by atoms with Crippen molar-refractivity contribution in [3.05, 3.63) is 35.1 Å². The summed E-state index contributed by atoms with van der Waals surface area (Å²) in [6.07, 6.45) is 1.65. The van der Waals surface area contributed by atoms with Crippen molar-refractivity contribution in [2.75, 3.05) is 19.7 Å². The molecule has 1 N–H and O–H groups in total. The van der Waals surface area contributed by atoms with Gasteiger partial charge < -0.3 is 10.0 Å². The Hall–Kier alpha value is -1.42. The molecule has 1 aliphatic heterocycles. The summed E-state index contributed by atoms with van der Waals surface area (Å²) in [6.45, 7) is 3.33. The fourth-order valence-electron chi connectivity index (χ4n) is 2.43. The predicted molar refractivity (Wildman–Crippen MR) is 66.9 cm³/mol. The lowest BCUT2D eigenvalue weighted by molar-refractivity contribution is 0.0783. The molecule has 0 aromatic heterocycles. The molecule has 1 aliphatic rings. The molecule has 0 aliphatic carbocycles. The fourth-order valence-corrected chi connectivity index (χ4v) is 2.43. The van der Waals surface area contributed by atoms with E-state index in [1.165, 1.54) is 12.1 Å². The maximum Gasteiger partial charge on any atom is 0.254 e. The lowest BCUT2D eigenvalue weighted by Crippen LogP contribution is -2.29. The highest BCUT2D eigenvalue weighted by Gasteiger charge is 2.27. The van der Waals surface area contributed by atoms with Gasteiger partial charge in [-0.05, 0) is 43.4 Å². The summed E-state index contributed by atoms with van der Waals surface area (Å²) < 4.78 is 13.2. The molecule has 1 amide bonds. The number of aliphatic hydroxyl groups excluding tert-OH is 1. The molecule has 1 atom stereocenters. The lowest BCUT2D eigenvalue weighted by atomic mass is 10.1. The largest absolute Gasteiger partial charge is 0.396 e. The molecule has 18 heavy (non-hydrogen) atoms. The summed E-state index contributed by atoms with van der Waals surface area (Å²) in [7, 11) is 0. The average Bonchev–Trinajstić information content (AvgIpc) is 2.80. The lowest BCUT2D eigenvalue weighted by Gasteiger charge is -2.17. The van der Waals surface area contributed by atoms with Crippen LogP contribution in [0.1, 0.15) is 28.8 Å². The second-order valence-corrected chi connectivity index (χ2v) is 4.88. The van der Waals surface area contributed by atoms with Gasteiger partial charge in [0.2, 0.25) is 0 Å². The van der Waals surface area contributed by atoms with E-state index in [4.69, 9.17) is 5.11 Å². The molecule has 0 bridgehead atoms. The van der Waals surface area contributed by atoms with Crippen molar-refractivity contribution in [3.63, 3.8) is 0 Å². The molecule has 2 rings (SSSR count). The van der Waals surface area contributed by atoms with E-state index in [1.54, 1.807) is 11.0 Å². The summed E-state index contributed by atoms with van der Waals surface area (Å²) in [5.74, 6) is -0.115. The number of carbonyl (C=O) groups excluding carboxylic acids is 1. The molecule has 4 heteroatoms. The summed E-state index contributed by atoms with van der Waals surface area (Å²) in [5.41, 5.74) is 1.24. The molecule has 1 aromatic rings. The number of nitrogens with zero attached hydrogens (tertiary/aromatic N) is 1. The number of hydrogen-bond acceptors (Lipinski definition) is 2. The third-order valence-electron chi connectivity index (χ3n) is 3.54. The van der Waals surface area contributed by atoms with Gasteiger partial charge in [0.25, 0.3) is 5.91 Å². The number of benzene rings is 1. The van der Waals surface area contributed by atoms with E-state index in [1.807, 2.05) is 6.92 Å². The fraction of sp³-hybridized carbons (Fsp3) is 0.500. The van der Waals surface area contributed by atoms with Gasteiger partial charge in [0.1, 0.15) is 5.82 Å². The van der Waals surface area contributed by atoms with Crippen LogP contribution in [0.5, 0.6) is 0 Å². The summed E-state index contributed by atoms with van der Waals surface area (Å²) in [4.78, 5) is 14.0. The second-order valence-electron chi connectivity index (χ2n) is 4.88. The van der Waals surface area contributed by atoms with E-state index in [0.29, 0.717) is 24.6 Å². The molecule has 1 saturated heterocycles. The first-order valence-corrected chi connectivity index (χ1v) is 6.28. The van der Waals surface area contributed by atoms with Crippen molar-refractivity contribution in [1.29, 1.82) is 0 Å². The highest BCUT2D eigenvalue weighted by Crippen LogP contribution is 2.22. The zero-order valence-electron chi connectivity index (χ0n) is 10.5. The number of aryl methyl sites for hydroxylation is 1. The molecule has 0 saturated carbocycles. The van der Waals surface area contributed by atoms with E-state index in [0.717, 1.165) is 18.4 Å². The molecule has 1 fully saturated rings. The Morgan fingerprint density at radius 1 is 1.56 bits per heavy atom. The minimum absolute atomic E-state index is 0.104. The van der Waals surface area contributed by atoms with Crippen LogP contribution in [0.3, 0.4) is 0 Å². The number of rotatable bonds is 3. The first-order chi connectivity index (χ1) is 8.61. The van der Waals surface area contributed by atoms with Crippen LogP contribution in [0.15, 0.2) is 18.2 Å². The number of halogens is 1. The highest BCUT2D eigenvalue weighted by molar-refractivity contribution is 5.95. The van der Waals surface area contributed by atoms with Crippen LogP contribution >= 0.6 is 0 Å². The van der Waals surface area contributed by atoms with E-state index in [-0.39, 0.29) is 18.3 Å². The van der Waals surface area contributed by atoms with Crippen LogP contribution in [0, 0.1) is 18.7 Å². The van der Waals surface area contributed by atoms with Crippen LogP contribution in [0.25, 0.3) is 0 Å². The van der Waals surface area contributed by atoms with Crippen LogP contribution in [-0.2, 0) is 0 Å². The molecular formula is C14H18FNO2. The minimum atomic E-state index is -0.380. The predicted octanol–water partition coefficient (Wildman–Crippen LogP) is 1.98. The Bertz CT molecular complexity index is 447. The summed E-state index contributed by atoms with van der Waals surface area (Å²) in [5, 5.41) is 8.90. The molecule has 1 unspecified atom stereocenters. The molecular weight excluding hydrogens is 233 g/mol. The van der Waals surface area contributed by atoms with Gasteiger partial charge in [-0.1, -0.05) is 6.07 Å². The van der Waals surface area contributed by atoms with E-state index >= 15 is 0 Å². The summed E-state index contributed by atoms with van der Waals surface area (Å²) >= 11 is 0. The Kier molecular flexibility index (Phi) is 3.97. The van der Waals surface area contributed by atoms with Crippen LogP contribution in [-0.4, -0.2) is 35.6 Å². The zero-order chi connectivity index (χ0) is 13.1. The summed E-state index contributed by atoms with van der Waals surface area (Å²) in [6, 6.07) is 4.30. The van der Waals surface area contributed by atoms with Crippen molar-refractivity contribution < 1.29 is 14.3 Å². The van der Waals surface area contributed by atoms with Gasteiger partial charge in [0.15, 0.2) is 0 Å². The second kappa shape index (κ2) is 5.48. The normalized spacial score (nSPS) is 19.3. The Labute approximate surface area is 106 Å². The van der Waals surface area contributed by atoms with Crippen molar-refractivity contribution in [2.24, 2.45) is 5.92 Å². The Balaban J connectivity index is 2.10. The van der Waals surface area contributed by atoms with Crippen molar-refractivity contribution >= 4 is 5.91 Å². The van der Waals surface area contributed by atoms with Crippen LogP contribution in [0.4, 0.5) is 4.39 Å². The van der Waals surface area contributed by atoms with E-state index in [9.17, 15) is 9.18 Å². The van der Waals surface area contributed by atoms with Gasteiger partial charge >= 0.3 is 0 Å². The number of amides is 1. The van der Waals surface area contributed by atoms with Gasteiger partial charge in [0, 0.05) is 25.3 Å². The van der Waals surface area contributed by atoms with Gasteiger partial charge in [-0.25, -0.2) is 4.39 Å². The molecule has 1 heterocycles. The standard InChI is InChI=1S/C14H18FNO2/c1-10-2-3-12(15)8-13(10)14(18)16-6-4-11(9-16)5-7-17/h2-3,8,11,17H,4-7,9H2,1H3. The maximum atomic E-state index is 13.2. The molecule has 0 radical (unpaired) electrons. The van der Waals surface area contributed by atoms with Gasteiger partial charge in [-0.15, -0.1) is 0 Å². The maximum absolute atomic E-state index is 13.2. The molecule has 3 nitrogen and oxygen atoms in total. The Morgan fingerprint density at radius 3 is 3.06 bits per heavy atom. The zero-order valence-corrected chi connectivity index (χ0v) is 10.5. The van der Waals surface area contributed by atoms with Gasteiger partial charge in [-0.3, -0.25) is 4.79 Å². The quantitative estimate of drug-likeness (QED) is 0.892. The van der Waals surface area contributed by atoms with Crippen molar-refractivity contribution in [2.45, 2.75) is 19.8 Å². The number of hydrogen-bond donors (Lipinski definition) is 1. The molecule has 98 valence electrons. The SMILES string of the molecule is Cc1ccc(F)cc1C(=O)N1CCC(CCO)C1. The number of carbonyl (C=O) groups is 1. The topological polar surface area (TPSA) is 40.5 Å². The smallest absolute Gasteiger partial charge is 0.254 e. The van der Waals surface area contributed by atoms with Crippen molar-refractivity contribution in [1.82, 2.24) is 4.90 Å². The third-order valence-corrected chi connectivity index (χ3v) is 3.54. The van der Waals surface area contributed by atoms with Crippen molar-refractivity contribution in [3.8, 4) is 0 Å². The minimum Gasteiger partial charge on any atom is -0.396 e. The Morgan fingerprint density at radius 2 is 2.33 bits per heavy atom. The van der Waals surface area contributed by atoms with Gasteiger partial charge in [-0.2, -0.15) is 0 Å². The molecule has 0 spiro atoms. The van der Waals surface area contributed by atoms with Crippen LogP contribution < -0.4 is 0 Å². The average molecular weight is 251 g/mol. The monoisotopic (exact) mass is 251 g/mol. The first-order valence-electron chi connectivity index (χ1n) is 6.28. The van der Waals surface area contributed by atoms with Gasteiger partial charge in [0.05, 0.1) is 0 Å².